The van der Waals surface area contributed by atoms with Gasteiger partial charge in [0.15, 0.2) is 11.2 Å². The van der Waals surface area contributed by atoms with Crippen LogP contribution in [0.4, 0.5) is 11.4 Å². The highest BCUT2D eigenvalue weighted by Gasteiger charge is 2.19. The van der Waals surface area contributed by atoms with Crippen LogP contribution in [0.1, 0.15) is 0 Å². The number of hydrogen-bond donors (Lipinski definition) is 0. The Morgan fingerprint density at radius 1 is 0.425 bits per heavy atom. The summed E-state index contributed by atoms with van der Waals surface area (Å²) in [5.41, 5.74) is 5.85. The fourth-order valence-electron chi connectivity index (χ4n) is 6.56. The van der Waals surface area contributed by atoms with Crippen LogP contribution in [0.15, 0.2) is 81.6 Å². The summed E-state index contributed by atoms with van der Waals surface area (Å²) in [7, 11) is 0. The molecule has 4 heterocycles. The second-order valence-corrected chi connectivity index (χ2v) is 11.0. The average Bonchev–Trinajstić information content (AvgIpc) is 3.56. The molecule has 0 aliphatic carbocycles. The fraction of sp³-hybridized carbons (Fsp3) is 0.235. The van der Waals surface area contributed by atoms with E-state index in [1.165, 1.54) is 32.9 Å². The molecule has 9 rings (SSSR count). The zero-order chi connectivity index (χ0) is 26.2. The second-order valence-electron chi connectivity index (χ2n) is 11.0. The van der Waals surface area contributed by atoms with E-state index in [1.807, 2.05) is 0 Å². The van der Waals surface area contributed by atoms with Gasteiger partial charge < -0.3 is 28.1 Å². The molecule has 0 unspecified atom stereocenters. The summed E-state index contributed by atoms with van der Waals surface area (Å²) in [6, 6.07) is 26.6. The topological polar surface area (TPSA) is 51.2 Å². The van der Waals surface area contributed by atoms with E-state index in [-0.39, 0.29) is 0 Å². The van der Waals surface area contributed by atoms with Crippen molar-refractivity contribution >= 4 is 76.8 Å². The Balaban J connectivity index is 1.19. The van der Waals surface area contributed by atoms with Gasteiger partial charge in [-0.05, 0) is 82.2 Å². The third kappa shape index (κ3) is 3.43. The van der Waals surface area contributed by atoms with Gasteiger partial charge in [-0.1, -0.05) is 12.1 Å². The Hall–Kier alpha value is -4.26. The smallest absolute Gasteiger partial charge is 0.178 e. The number of ether oxygens (including phenoxy) is 2. The van der Waals surface area contributed by atoms with Crippen molar-refractivity contribution in [3.8, 4) is 0 Å². The molecule has 0 spiro atoms. The lowest BCUT2D eigenvalue weighted by atomic mass is 10.0. The molecule has 7 aromatic rings. The van der Waals surface area contributed by atoms with Gasteiger partial charge in [-0.25, -0.2) is 0 Å². The van der Waals surface area contributed by atoms with Gasteiger partial charge >= 0.3 is 0 Å². The summed E-state index contributed by atoms with van der Waals surface area (Å²) < 4.78 is 24.2. The van der Waals surface area contributed by atoms with E-state index in [0.717, 1.165) is 96.5 Å². The van der Waals surface area contributed by atoms with Crippen LogP contribution in [0, 0.1) is 0 Å². The van der Waals surface area contributed by atoms with Crippen molar-refractivity contribution < 1.29 is 18.3 Å². The molecule has 0 saturated carbocycles. The number of fused-ring (bicyclic) bond motifs is 9. The predicted molar refractivity (Wildman–Crippen MR) is 162 cm³/mol. The SMILES string of the molecule is c1cc2cc3c(cc2cc1N1CCOCC1)oc1c3ccc2c3cc4ccc(N5CCOCC5)cc4cc3oc21. The van der Waals surface area contributed by atoms with Crippen molar-refractivity contribution in [3.05, 3.63) is 72.8 Å². The molecular formula is C34H28N2O4. The minimum Gasteiger partial charge on any atom is -0.452 e. The minimum absolute atomic E-state index is 0.777. The summed E-state index contributed by atoms with van der Waals surface area (Å²) in [4.78, 5) is 4.77. The highest BCUT2D eigenvalue weighted by Crippen LogP contribution is 2.41. The molecule has 2 aliphatic heterocycles. The van der Waals surface area contributed by atoms with E-state index < -0.39 is 0 Å². The molecule has 2 aliphatic rings. The minimum atomic E-state index is 0.777. The maximum Gasteiger partial charge on any atom is 0.178 e. The second kappa shape index (κ2) is 8.62. The van der Waals surface area contributed by atoms with Crippen LogP contribution in [-0.4, -0.2) is 52.6 Å². The lowest BCUT2D eigenvalue weighted by Gasteiger charge is -2.29. The van der Waals surface area contributed by atoms with E-state index in [9.17, 15) is 0 Å². The van der Waals surface area contributed by atoms with Gasteiger partial charge in [0.1, 0.15) is 11.2 Å². The van der Waals surface area contributed by atoms with E-state index in [0.29, 0.717) is 0 Å². The number of hydrogen-bond acceptors (Lipinski definition) is 6. The van der Waals surface area contributed by atoms with Crippen molar-refractivity contribution in [2.75, 3.05) is 62.4 Å². The van der Waals surface area contributed by atoms with Gasteiger partial charge in [-0.15, -0.1) is 0 Å². The first kappa shape index (κ1) is 22.5. The molecule has 2 aromatic heterocycles. The van der Waals surface area contributed by atoms with E-state index in [2.05, 4.69) is 82.6 Å². The van der Waals surface area contributed by atoms with Crippen molar-refractivity contribution in [2.24, 2.45) is 0 Å². The zero-order valence-electron chi connectivity index (χ0n) is 22.1. The van der Waals surface area contributed by atoms with Crippen LogP contribution in [0.25, 0.3) is 65.4 Å². The maximum atomic E-state index is 6.54. The summed E-state index contributed by atoms with van der Waals surface area (Å²) >= 11 is 0. The number of rotatable bonds is 2. The lowest BCUT2D eigenvalue weighted by Crippen LogP contribution is -2.36. The fourth-order valence-corrected chi connectivity index (χ4v) is 6.56. The molecule has 0 bridgehead atoms. The van der Waals surface area contributed by atoms with Gasteiger partial charge in [0, 0.05) is 59.1 Å². The average molecular weight is 529 g/mol. The summed E-state index contributed by atoms with van der Waals surface area (Å²) in [5, 5.41) is 9.17. The highest BCUT2D eigenvalue weighted by molar-refractivity contribution is 6.21. The van der Waals surface area contributed by atoms with Crippen molar-refractivity contribution in [1.82, 2.24) is 0 Å². The largest absolute Gasteiger partial charge is 0.452 e. The number of benzene rings is 5. The molecule has 2 fully saturated rings. The van der Waals surface area contributed by atoms with Gasteiger partial charge in [0.2, 0.25) is 0 Å². The van der Waals surface area contributed by atoms with Crippen molar-refractivity contribution in [1.29, 1.82) is 0 Å². The molecule has 0 amide bonds. The Kier molecular flexibility index (Phi) is 4.86. The monoisotopic (exact) mass is 528 g/mol. The first-order valence-corrected chi connectivity index (χ1v) is 14.1. The van der Waals surface area contributed by atoms with E-state index in [4.69, 9.17) is 18.3 Å². The van der Waals surface area contributed by atoms with E-state index >= 15 is 0 Å². The van der Waals surface area contributed by atoms with Crippen LogP contribution in [0.5, 0.6) is 0 Å². The van der Waals surface area contributed by atoms with Gasteiger partial charge in [0.25, 0.3) is 0 Å². The third-order valence-corrected chi connectivity index (χ3v) is 8.71. The number of anilines is 2. The normalized spacial score (nSPS) is 16.9. The van der Waals surface area contributed by atoms with Gasteiger partial charge in [-0.3, -0.25) is 0 Å². The first-order chi connectivity index (χ1) is 19.8. The predicted octanol–water partition coefficient (Wildman–Crippen LogP) is 7.47. The summed E-state index contributed by atoms with van der Waals surface area (Å²) in [6.45, 7) is 6.80. The van der Waals surface area contributed by atoms with Gasteiger partial charge in [-0.2, -0.15) is 0 Å². The Morgan fingerprint density at radius 3 is 1.32 bits per heavy atom. The van der Waals surface area contributed by atoms with Crippen LogP contribution >= 0.6 is 0 Å². The molecule has 0 N–H and O–H groups in total. The Labute approximate surface area is 230 Å². The van der Waals surface area contributed by atoms with Crippen molar-refractivity contribution in [2.45, 2.75) is 0 Å². The summed E-state index contributed by atoms with van der Waals surface area (Å²) in [6.07, 6.45) is 0. The summed E-state index contributed by atoms with van der Waals surface area (Å²) in [5.74, 6) is 0. The van der Waals surface area contributed by atoms with E-state index in [1.54, 1.807) is 0 Å². The van der Waals surface area contributed by atoms with Crippen LogP contribution in [0.2, 0.25) is 0 Å². The quantitative estimate of drug-likeness (QED) is 0.232. The first-order valence-electron chi connectivity index (χ1n) is 14.1. The molecule has 6 nitrogen and oxygen atoms in total. The van der Waals surface area contributed by atoms with Gasteiger partial charge in [0.05, 0.1) is 26.4 Å². The van der Waals surface area contributed by atoms with Crippen LogP contribution in [0.3, 0.4) is 0 Å². The number of morpholine rings is 2. The highest BCUT2D eigenvalue weighted by atomic mass is 16.5. The molecule has 6 heteroatoms. The molecule has 5 aromatic carbocycles. The van der Waals surface area contributed by atoms with Crippen molar-refractivity contribution in [3.63, 3.8) is 0 Å². The lowest BCUT2D eigenvalue weighted by molar-refractivity contribution is 0.122. The standard InChI is InChI=1S/C34H28N2O4/c1-3-25(35-7-11-37-12-8-35)15-23-19-31-29(17-21(1)23)27-5-6-28-30-18-22-2-4-26(36-9-13-38-14-10-36)16-24(22)20-32(30)40-34(28)33(27)39-31/h1-6,15-20H,7-14H2. The molecular weight excluding hydrogens is 500 g/mol. The maximum absolute atomic E-state index is 6.54. The number of nitrogens with zero attached hydrogens (tertiary/aromatic N) is 2. The third-order valence-electron chi connectivity index (χ3n) is 8.71. The zero-order valence-corrected chi connectivity index (χ0v) is 22.1. The molecule has 0 radical (unpaired) electrons. The molecule has 0 atom stereocenters. The van der Waals surface area contributed by atoms with Crippen LogP contribution in [-0.2, 0) is 9.47 Å². The van der Waals surface area contributed by atoms with Crippen LogP contribution < -0.4 is 9.80 Å². The molecule has 2 saturated heterocycles. The molecule has 198 valence electrons. The Bertz CT molecular complexity index is 1940. The number of furan rings is 2. The Morgan fingerprint density at radius 2 is 0.875 bits per heavy atom. The molecule has 40 heavy (non-hydrogen) atoms.